The minimum atomic E-state index is -0.516. The SMILES string of the molecule is CN(C)CCNc1ccc(O)cc1[N+](=O)[O-]. The predicted molar refractivity (Wildman–Crippen MR) is 61.8 cm³/mol. The van der Waals surface area contributed by atoms with E-state index in [9.17, 15) is 10.1 Å². The first kappa shape index (κ1) is 12.3. The first-order chi connectivity index (χ1) is 7.50. The number of hydrogen-bond donors (Lipinski definition) is 2. The maximum Gasteiger partial charge on any atom is 0.296 e. The molecular weight excluding hydrogens is 210 g/mol. The van der Waals surface area contributed by atoms with Gasteiger partial charge in [0.25, 0.3) is 5.69 Å². The van der Waals surface area contributed by atoms with Crippen LogP contribution in [0.4, 0.5) is 11.4 Å². The molecule has 0 fully saturated rings. The van der Waals surface area contributed by atoms with Crippen LogP contribution in [-0.4, -0.2) is 42.1 Å². The van der Waals surface area contributed by atoms with Crippen molar-refractivity contribution in [1.82, 2.24) is 4.90 Å². The zero-order valence-corrected chi connectivity index (χ0v) is 9.30. The summed E-state index contributed by atoms with van der Waals surface area (Å²) < 4.78 is 0. The second-order valence-electron chi connectivity index (χ2n) is 3.69. The van der Waals surface area contributed by atoms with Gasteiger partial charge in [0.15, 0.2) is 0 Å². The highest BCUT2D eigenvalue weighted by molar-refractivity contribution is 5.63. The van der Waals surface area contributed by atoms with Gasteiger partial charge >= 0.3 is 0 Å². The molecule has 0 saturated carbocycles. The second-order valence-corrected chi connectivity index (χ2v) is 3.69. The Labute approximate surface area is 93.6 Å². The smallest absolute Gasteiger partial charge is 0.296 e. The summed E-state index contributed by atoms with van der Waals surface area (Å²) >= 11 is 0. The van der Waals surface area contributed by atoms with Crippen molar-refractivity contribution >= 4 is 11.4 Å². The van der Waals surface area contributed by atoms with E-state index in [1.54, 1.807) is 0 Å². The molecule has 6 nitrogen and oxygen atoms in total. The Balaban J connectivity index is 2.75. The molecule has 0 radical (unpaired) electrons. The highest BCUT2D eigenvalue weighted by atomic mass is 16.6. The maximum atomic E-state index is 10.7. The second kappa shape index (κ2) is 5.32. The number of aromatic hydroxyl groups is 1. The molecule has 0 bridgehead atoms. The molecule has 0 heterocycles. The van der Waals surface area contributed by atoms with Crippen molar-refractivity contribution in [2.75, 3.05) is 32.5 Å². The molecule has 88 valence electrons. The van der Waals surface area contributed by atoms with Crippen molar-refractivity contribution in [2.45, 2.75) is 0 Å². The molecule has 0 atom stereocenters. The van der Waals surface area contributed by atoms with Gasteiger partial charge in [-0.3, -0.25) is 10.1 Å². The van der Waals surface area contributed by atoms with Gasteiger partial charge in [-0.05, 0) is 26.2 Å². The van der Waals surface area contributed by atoms with E-state index in [1.165, 1.54) is 12.1 Å². The van der Waals surface area contributed by atoms with Crippen molar-refractivity contribution in [3.05, 3.63) is 28.3 Å². The summed E-state index contributed by atoms with van der Waals surface area (Å²) in [5.74, 6) is -0.107. The Bertz CT molecular complexity index is 380. The van der Waals surface area contributed by atoms with Gasteiger partial charge < -0.3 is 15.3 Å². The molecule has 0 saturated heterocycles. The summed E-state index contributed by atoms with van der Waals surface area (Å²) in [4.78, 5) is 12.2. The average molecular weight is 225 g/mol. The number of hydrogen-bond acceptors (Lipinski definition) is 5. The van der Waals surface area contributed by atoms with Gasteiger partial charge in [0.05, 0.1) is 11.0 Å². The van der Waals surface area contributed by atoms with E-state index >= 15 is 0 Å². The van der Waals surface area contributed by atoms with Gasteiger partial charge in [-0.15, -0.1) is 0 Å². The Morgan fingerprint density at radius 3 is 2.75 bits per heavy atom. The van der Waals surface area contributed by atoms with Crippen molar-refractivity contribution in [3.63, 3.8) is 0 Å². The quantitative estimate of drug-likeness (QED) is 0.448. The van der Waals surface area contributed by atoms with Crippen LogP contribution in [0.2, 0.25) is 0 Å². The summed E-state index contributed by atoms with van der Waals surface area (Å²) in [6, 6.07) is 4.06. The Kier molecular flexibility index (Phi) is 4.07. The molecule has 0 aliphatic heterocycles. The van der Waals surface area contributed by atoms with Crippen LogP contribution in [0.1, 0.15) is 0 Å². The van der Waals surface area contributed by atoms with E-state index in [2.05, 4.69) is 5.32 Å². The third kappa shape index (κ3) is 3.39. The Hall–Kier alpha value is -1.82. The molecule has 1 rings (SSSR count). The van der Waals surface area contributed by atoms with Crippen molar-refractivity contribution < 1.29 is 10.0 Å². The molecule has 0 aromatic heterocycles. The fourth-order valence-corrected chi connectivity index (χ4v) is 1.23. The Morgan fingerprint density at radius 1 is 1.50 bits per heavy atom. The molecule has 6 heteroatoms. The largest absolute Gasteiger partial charge is 0.508 e. The average Bonchev–Trinajstić information content (AvgIpc) is 2.19. The fraction of sp³-hybridized carbons (Fsp3) is 0.400. The van der Waals surface area contributed by atoms with Crippen LogP contribution in [0, 0.1) is 10.1 Å². The molecule has 0 unspecified atom stereocenters. The molecule has 0 spiro atoms. The minimum Gasteiger partial charge on any atom is -0.508 e. The molecular formula is C10H15N3O3. The highest BCUT2D eigenvalue weighted by Crippen LogP contribution is 2.27. The lowest BCUT2D eigenvalue weighted by Gasteiger charge is -2.11. The Morgan fingerprint density at radius 2 is 2.19 bits per heavy atom. The molecule has 0 amide bonds. The zero-order valence-electron chi connectivity index (χ0n) is 9.30. The zero-order chi connectivity index (χ0) is 12.1. The standard InChI is InChI=1S/C10H15N3O3/c1-12(2)6-5-11-9-4-3-8(14)7-10(9)13(15)16/h3-4,7,11,14H,5-6H2,1-2H3. The summed E-state index contributed by atoms with van der Waals surface area (Å²) in [6.07, 6.45) is 0. The normalized spacial score (nSPS) is 10.4. The number of benzene rings is 1. The summed E-state index contributed by atoms with van der Waals surface area (Å²) in [7, 11) is 3.85. The van der Waals surface area contributed by atoms with Crippen LogP contribution < -0.4 is 5.32 Å². The lowest BCUT2D eigenvalue weighted by Crippen LogP contribution is -2.21. The third-order valence-corrected chi connectivity index (χ3v) is 2.05. The van der Waals surface area contributed by atoms with E-state index in [-0.39, 0.29) is 11.4 Å². The van der Waals surface area contributed by atoms with Gasteiger partial charge in [0.1, 0.15) is 11.4 Å². The molecule has 16 heavy (non-hydrogen) atoms. The monoisotopic (exact) mass is 225 g/mol. The number of rotatable bonds is 5. The van der Waals surface area contributed by atoms with Crippen LogP contribution in [0.15, 0.2) is 18.2 Å². The molecule has 2 N–H and O–H groups in total. The van der Waals surface area contributed by atoms with Gasteiger partial charge in [-0.2, -0.15) is 0 Å². The van der Waals surface area contributed by atoms with E-state index < -0.39 is 4.92 Å². The van der Waals surface area contributed by atoms with E-state index in [1.807, 2.05) is 19.0 Å². The van der Waals surface area contributed by atoms with Gasteiger partial charge in [-0.25, -0.2) is 0 Å². The number of phenolic OH excluding ortho intramolecular Hbond substituents is 1. The first-order valence-corrected chi connectivity index (χ1v) is 4.86. The molecule has 1 aromatic carbocycles. The molecule has 0 aliphatic rings. The molecule has 1 aromatic rings. The van der Waals surface area contributed by atoms with Crippen LogP contribution >= 0.6 is 0 Å². The van der Waals surface area contributed by atoms with Crippen LogP contribution in [0.25, 0.3) is 0 Å². The number of nitrogens with zero attached hydrogens (tertiary/aromatic N) is 2. The number of anilines is 1. The highest BCUT2D eigenvalue weighted by Gasteiger charge is 2.13. The minimum absolute atomic E-state index is 0.107. The summed E-state index contributed by atoms with van der Waals surface area (Å²) in [5, 5.41) is 22.8. The van der Waals surface area contributed by atoms with Crippen LogP contribution in [0.5, 0.6) is 5.75 Å². The van der Waals surface area contributed by atoms with Gasteiger partial charge in [-0.1, -0.05) is 0 Å². The lowest BCUT2D eigenvalue weighted by molar-refractivity contribution is -0.384. The lowest BCUT2D eigenvalue weighted by atomic mass is 10.2. The number of likely N-dealkylation sites (N-methyl/N-ethyl adjacent to an activating group) is 1. The van der Waals surface area contributed by atoms with Crippen LogP contribution in [0.3, 0.4) is 0 Å². The van der Waals surface area contributed by atoms with Crippen molar-refractivity contribution in [2.24, 2.45) is 0 Å². The van der Waals surface area contributed by atoms with Crippen LogP contribution in [-0.2, 0) is 0 Å². The molecule has 0 aliphatic carbocycles. The first-order valence-electron chi connectivity index (χ1n) is 4.86. The van der Waals surface area contributed by atoms with Crippen molar-refractivity contribution in [3.8, 4) is 5.75 Å². The predicted octanol–water partition coefficient (Wildman–Crippen LogP) is 1.27. The number of nitro groups is 1. The summed E-state index contributed by atoms with van der Waals surface area (Å²) in [6.45, 7) is 1.39. The topological polar surface area (TPSA) is 78.6 Å². The third-order valence-electron chi connectivity index (χ3n) is 2.05. The van der Waals surface area contributed by atoms with Crippen molar-refractivity contribution in [1.29, 1.82) is 0 Å². The maximum absolute atomic E-state index is 10.7. The number of nitrogens with one attached hydrogen (secondary N) is 1. The van der Waals surface area contributed by atoms with E-state index in [0.29, 0.717) is 12.2 Å². The summed E-state index contributed by atoms with van der Waals surface area (Å²) in [5.41, 5.74) is 0.309. The van der Waals surface area contributed by atoms with E-state index in [4.69, 9.17) is 5.11 Å². The van der Waals surface area contributed by atoms with Gasteiger partial charge in [0.2, 0.25) is 0 Å². The fourth-order valence-electron chi connectivity index (χ4n) is 1.23. The van der Waals surface area contributed by atoms with E-state index in [0.717, 1.165) is 12.6 Å². The number of phenols is 1. The van der Waals surface area contributed by atoms with Gasteiger partial charge in [0, 0.05) is 13.1 Å². The number of nitro benzene ring substituents is 1.